The molecule has 0 unspecified atom stereocenters. The highest BCUT2D eigenvalue weighted by molar-refractivity contribution is 6.56. The minimum Gasteiger partial charge on any atom is -0.324 e. The van der Waals surface area contributed by atoms with Gasteiger partial charge in [0.1, 0.15) is 4.49 Å². The van der Waals surface area contributed by atoms with Crippen LogP contribution in [0, 0.1) is 5.92 Å². The summed E-state index contributed by atoms with van der Waals surface area (Å²) in [5.74, 6) is 0.637. The van der Waals surface area contributed by atoms with Crippen LogP contribution < -0.4 is 5.73 Å². The van der Waals surface area contributed by atoms with Crippen LogP contribution in [0.25, 0.3) is 0 Å². The lowest BCUT2D eigenvalue weighted by Gasteiger charge is -2.02. The molecule has 2 N–H and O–H groups in total. The lowest BCUT2D eigenvalue weighted by molar-refractivity contribution is 0.594. The van der Waals surface area contributed by atoms with E-state index >= 15 is 0 Å². The monoisotopic (exact) mass is 179 g/mol. The molecule has 0 bridgehead atoms. The zero-order valence-corrected chi connectivity index (χ0v) is 7.41. The van der Waals surface area contributed by atoms with E-state index in [1.807, 2.05) is 0 Å². The van der Waals surface area contributed by atoms with Gasteiger partial charge in [-0.1, -0.05) is 30.1 Å². The van der Waals surface area contributed by atoms with E-state index in [0.29, 0.717) is 10.4 Å². The van der Waals surface area contributed by atoms with E-state index in [1.165, 1.54) is 0 Å². The van der Waals surface area contributed by atoms with Gasteiger partial charge in [-0.2, -0.15) is 0 Å². The van der Waals surface area contributed by atoms with Crippen LogP contribution in [0.3, 0.4) is 0 Å². The van der Waals surface area contributed by atoms with Crippen LogP contribution in [-0.2, 0) is 0 Å². The van der Waals surface area contributed by atoms with Gasteiger partial charge in [0.25, 0.3) is 0 Å². The summed E-state index contributed by atoms with van der Waals surface area (Å²) >= 11 is 11.2. The highest BCUT2D eigenvalue weighted by atomic mass is 35.5. The van der Waals surface area contributed by atoms with Crippen LogP contribution in [0.5, 0.6) is 0 Å². The zero-order chi connectivity index (χ0) is 7.72. The third kappa shape index (κ3) is 1.66. The molecule has 1 nitrogen and oxygen atoms in total. The maximum absolute atomic E-state index is 5.74. The molecule has 1 aliphatic carbocycles. The summed E-state index contributed by atoms with van der Waals surface area (Å²) in [6, 6.07) is 0.0972. The van der Waals surface area contributed by atoms with Crippen LogP contribution in [0.1, 0.15) is 19.8 Å². The average Bonchev–Trinajstić information content (AvgIpc) is 2.10. The first-order chi connectivity index (χ1) is 4.61. The van der Waals surface area contributed by atoms with Crippen molar-refractivity contribution in [2.75, 3.05) is 0 Å². The standard InChI is InChI=1S/C7H11Cl2N/c1-4-2-5(7(8)9)6(10)3-4/h4,6H,2-3,10H2,1H3/t4-,6-/m0/s1. The van der Waals surface area contributed by atoms with Crippen molar-refractivity contribution in [1.29, 1.82) is 0 Å². The minimum absolute atomic E-state index is 0.0972. The fourth-order valence-electron chi connectivity index (χ4n) is 1.40. The molecule has 10 heavy (non-hydrogen) atoms. The van der Waals surface area contributed by atoms with Crippen LogP contribution in [0.2, 0.25) is 0 Å². The van der Waals surface area contributed by atoms with Crippen molar-refractivity contribution in [2.45, 2.75) is 25.8 Å². The molecular formula is C7H11Cl2N. The Labute approximate surface area is 71.2 Å². The summed E-state index contributed by atoms with van der Waals surface area (Å²) in [5.41, 5.74) is 6.77. The number of hydrogen-bond donors (Lipinski definition) is 1. The van der Waals surface area contributed by atoms with Gasteiger partial charge in [0.15, 0.2) is 0 Å². The van der Waals surface area contributed by atoms with Crippen LogP contribution in [0.15, 0.2) is 10.1 Å². The normalized spacial score (nSPS) is 33.0. The molecule has 1 fully saturated rings. The SMILES string of the molecule is C[C@H]1CC(=C(Cl)Cl)[C@@H](N)C1. The highest BCUT2D eigenvalue weighted by Gasteiger charge is 2.24. The quantitative estimate of drug-likeness (QED) is 0.608. The Morgan fingerprint density at radius 2 is 2.20 bits per heavy atom. The van der Waals surface area contributed by atoms with E-state index in [2.05, 4.69) is 6.92 Å². The molecule has 0 aromatic rings. The van der Waals surface area contributed by atoms with Crippen molar-refractivity contribution < 1.29 is 0 Å². The van der Waals surface area contributed by atoms with E-state index < -0.39 is 0 Å². The number of hydrogen-bond acceptors (Lipinski definition) is 1. The first-order valence-corrected chi connectivity index (χ1v) is 4.16. The van der Waals surface area contributed by atoms with Gasteiger partial charge in [0.05, 0.1) is 0 Å². The Bertz CT molecular complexity index is 161. The summed E-state index contributed by atoms with van der Waals surface area (Å²) < 4.78 is 0.372. The van der Waals surface area contributed by atoms with Crippen molar-refractivity contribution in [3.8, 4) is 0 Å². The number of nitrogens with two attached hydrogens (primary N) is 1. The largest absolute Gasteiger partial charge is 0.324 e. The van der Waals surface area contributed by atoms with E-state index in [-0.39, 0.29) is 6.04 Å². The first-order valence-electron chi connectivity index (χ1n) is 3.41. The fourth-order valence-corrected chi connectivity index (χ4v) is 1.84. The Balaban J connectivity index is 2.73. The lowest BCUT2D eigenvalue weighted by atomic mass is 10.1. The molecule has 1 rings (SSSR count). The molecule has 0 spiro atoms. The molecule has 1 saturated carbocycles. The van der Waals surface area contributed by atoms with E-state index in [0.717, 1.165) is 18.4 Å². The topological polar surface area (TPSA) is 26.0 Å². The third-order valence-corrected chi connectivity index (χ3v) is 2.40. The zero-order valence-electron chi connectivity index (χ0n) is 5.90. The van der Waals surface area contributed by atoms with Gasteiger partial charge in [-0.3, -0.25) is 0 Å². The molecule has 58 valence electrons. The third-order valence-electron chi connectivity index (χ3n) is 1.92. The molecule has 0 aliphatic heterocycles. The van der Waals surface area contributed by atoms with E-state index in [4.69, 9.17) is 28.9 Å². The highest BCUT2D eigenvalue weighted by Crippen LogP contribution is 2.33. The maximum atomic E-state index is 5.74. The van der Waals surface area contributed by atoms with Gasteiger partial charge < -0.3 is 5.73 Å². The van der Waals surface area contributed by atoms with Crippen molar-refractivity contribution in [2.24, 2.45) is 11.7 Å². The van der Waals surface area contributed by atoms with Crippen LogP contribution in [0.4, 0.5) is 0 Å². The van der Waals surface area contributed by atoms with E-state index in [1.54, 1.807) is 0 Å². The Hall–Kier alpha value is 0.280. The maximum Gasteiger partial charge on any atom is 0.107 e. The summed E-state index contributed by atoms with van der Waals surface area (Å²) in [6.45, 7) is 2.16. The summed E-state index contributed by atoms with van der Waals surface area (Å²) in [5, 5.41) is 0. The molecule has 1 aliphatic rings. The second-order valence-corrected chi connectivity index (χ2v) is 3.89. The van der Waals surface area contributed by atoms with Gasteiger partial charge in [-0.15, -0.1) is 0 Å². The average molecular weight is 180 g/mol. The molecule has 0 aromatic carbocycles. The second kappa shape index (κ2) is 3.12. The Morgan fingerprint density at radius 1 is 1.60 bits per heavy atom. The molecule has 0 saturated heterocycles. The number of halogens is 2. The smallest absolute Gasteiger partial charge is 0.107 e. The summed E-state index contributed by atoms with van der Waals surface area (Å²) in [7, 11) is 0. The van der Waals surface area contributed by atoms with Crippen LogP contribution in [-0.4, -0.2) is 6.04 Å². The van der Waals surface area contributed by atoms with Crippen molar-refractivity contribution >= 4 is 23.2 Å². The molecule has 0 radical (unpaired) electrons. The number of rotatable bonds is 0. The minimum atomic E-state index is 0.0972. The predicted octanol–water partition coefficient (Wildman–Crippen LogP) is 2.43. The second-order valence-electron chi connectivity index (χ2n) is 2.94. The van der Waals surface area contributed by atoms with Gasteiger partial charge in [0.2, 0.25) is 0 Å². The Kier molecular flexibility index (Phi) is 2.61. The Morgan fingerprint density at radius 3 is 2.40 bits per heavy atom. The predicted molar refractivity (Wildman–Crippen MR) is 45.1 cm³/mol. The first kappa shape index (κ1) is 8.38. The molecule has 0 amide bonds. The van der Waals surface area contributed by atoms with Gasteiger partial charge >= 0.3 is 0 Å². The van der Waals surface area contributed by atoms with E-state index in [9.17, 15) is 0 Å². The fraction of sp³-hybridized carbons (Fsp3) is 0.714. The van der Waals surface area contributed by atoms with Gasteiger partial charge in [0, 0.05) is 6.04 Å². The molecule has 0 heterocycles. The summed E-state index contributed by atoms with van der Waals surface area (Å²) in [6.07, 6.45) is 1.97. The molecule has 0 aromatic heterocycles. The molecule has 3 heteroatoms. The molecular weight excluding hydrogens is 169 g/mol. The van der Waals surface area contributed by atoms with Crippen molar-refractivity contribution in [3.63, 3.8) is 0 Å². The van der Waals surface area contributed by atoms with Crippen molar-refractivity contribution in [3.05, 3.63) is 10.1 Å². The van der Waals surface area contributed by atoms with Crippen LogP contribution >= 0.6 is 23.2 Å². The molecule has 2 atom stereocenters. The van der Waals surface area contributed by atoms with Gasteiger partial charge in [-0.25, -0.2) is 0 Å². The van der Waals surface area contributed by atoms with Gasteiger partial charge in [-0.05, 0) is 24.3 Å². The summed E-state index contributed by atoms with van der Waals surface area (Å²) in [4.78, 5) is 0. The van der Waals surface area contributed by atoms with Crippen molar-refractivity contribution in [1.82, 2.24) is 0 Å². The lowest BCUT2D eigenvalue weighted by Crippen LogP contribution is -2.17.